The van der Waals surface area contributed by atoms with Crippen LogP contribution in [-0.2, 0) is 6.61 Å². The molecule has 22 heavy (non-hydrogen) atoms. The second-order valence-corrected chi connectivity index (χ2v) is 5.79. The predicted molar refractivity (Wildman–Crippen MR) is 89.3 cm³/mol. The van der Waals surface area contributed by atoms with E-state index in [0.29, 0.717) is 6.61 Å². The van der Waals surface area contributed by atoms with Crippen LogP contribution in [0.15, 0.2) is 54.6 Å². The minimum atomic E-state index is 0.228. The maximum Gasteiger partial charge on any atom is 0.119 e. The van der Waals surface area contributed by atoms with E-state index >= 15 is 0 Å². The van der Waals surface area contributed by atoms with Gasteiger partial charge in [0.05, 0.1) is 12.6 Å². The van der Waals surface area contributed by atoms with Gasteiger partial charge in [-0.2, -0.15) is 0 Å². The second kappa shape index (κ2) is 7.32. The first-order valence-corrected chi connectivity index (χ1v) is 8.01. The average Bonchev–Trinajstić information content (AvgIpc) is 2.61. The van der Waals surface area contributed by atoms with Crippen LogP contribution in [0.1, 0.15) is 24.8 Å². The molecular weight excluding hydrogens is 274 g/mol. The molecule has 1 saturated heterocycles. The highest BCUT2D eigenvalue weighted by atomic mass is 16.5. The zero-order valence-electron chi connectivity index (χ0n) is 12.8. The van der Waals surface area contributed by atoms with Gasteiger partial charge < -0.3 is 14.7 Å². The monoisotopic (exact) mass is 297 g/mol. The third-order valence-corrected chi connectivity index (χ3v) is 4.25. The van der Waals surface area contributed by atoms with Crippen LogP contribution in [0, 0.1) is 0 Å². The van der Waals surface area contributed by atoms with E-state index in [4.69, 9.17) is 4.74 Å². The van der Waals surface area contributed by atoms with Crippen LogP contribution in [0.5, 0.6) is 5.75 Å². The standard InChI is InChI=1S/C19H23NO2/c21-14-18-8-4-5-13-20(18)17-9-11-19(12-10-17)22-15-16-6-2-1-3-7-16/h1-3,6-7,9-12,18,21H,4-5,8,13-15H2. The van der Waals surface area contributed by atoms with Crippen LogP contribution in [0.3, 0.4) is 0 Å². The van der Waals surface area contributed by atoms with Crippen molar-refractivity contribution in [2.45, 2.75) is 31.9 Å². The summed E-state index contributed by atoms with van der Waals surface area (Å²) in [4.78, 5) is 2.31. The number of hydrogen-bond acceptors (Lipinski definition) is 3. The van der Waals surface area contributed by atoms with Gasteiger partial charge in [0.2, 0.25) is 0 Å². The van der Waals surface area contributed by atoms with Gasteiger partial charge in [-0.25, -0.2) is 0 Å². The lowest BCUT2D eigenvalue weighted by atomic mass is 10.0. The molecule has 1 fully saturated rings. The quantitative estimate of drug-likeness (QED) is 0.915. The smallest absolute Gasteiger partial charge is 0.119 e. The molecule has 2 aromatic carbocycles. The Balaban J connectivity index is 1.62. The number of rotatable bonds is 5. The van der Waals surface area contributed by atoms with Crippen molar-refractivity contribution in [2.75, 3.05) is 18.1 Å². The second-order valence-electron chi connectivity index (χ2n) is 5.79. The molecule has 3 heteroatoms. The van der Waals surface area contributed by atoms with E-state index in [-0.39, 0.29) is 12.6 Å². The summed E-state index contributed by atoms with van der Waals surface area (Å²) in [7, 11) is 0. The van der Waals surface area contributed by atoms with Gasteiger partial charge in [-0.05, 0) is 49.1 Å². The van der Waals surface area contributed by atoms with E-state index in [1.165, 1.54) is 24.1 Å². The Morgan fingerprint density at radius 3 is 2.50 bits per heavy atom. The lowest BCUT2D eigenvalue weighted by Crippen LogP contribution is -2.41. The molecule has 0 aliphatic carbocycles. The van der Waals surface area contributed by atoms with Gasteiger partial charge >= 0.3 is 0 Å². The Morgan fingerprint density at radius 2 is 1.77 bits per heavy atom. The first kappa shape index (κ1) is 14.9. The number of ether oxygens (including phenoxy) is 1. The fraction of sp³-hybridized carbons (Fsp3) is 0.368. The van der Waals surface area contributed by atoms with E-state index < -0.39 is 0 Å². The third kappa shape index (κ3) is 3.60. The lowest BCUT2D eigenvalue weighted by molar-refractivity contribution is 0.240. The molecule has 3 rings (SSSR count). The maximum absolute atomic E-state index is 9.52. The molecule has 0 bridgehead atoms. The van der Waals surface area contributed by atoms with Crippen molar-refractivity contribution >= 4 is 5.69 Å². The molecule has 1 aliphatic heterocycles. The van der Waals surface area contributed by atoms with Crippen molar-refractivity contribution in [2.24, 2.45) is 0 Å². The summed E-state index contributed by atoms with van der Waals surface area (Å²) in [6.45, 7) is 1.84. The Bertz CT molecular complexity index is 568. The van der Waals surface area contributed by atoms with Gasteiger partial charge in [0.1, 0.15) is 12.4 Å². The summed E-state index contributed by atoms with van der Waals surface area (Å²) in [5.74, 6) is 0.880. The molecule has 116 valence electrons. The van der Waals surface area contributed by atoms with E-state index in [1.807, 2.05) is 30.3 Å². The molecule has 0 amide bonds. The van der Waals surface area contributed by atoms with Crippen molar-refractivity contribution in [3.8, 4) is 5.75 Å². The molecule has 2 aromatic rings. The average molecular weight is 297 g/mol. The summed E-state index contributed by atoms with van der Waals surface area (Å²) in [5.41, 5.74) is 2.34. The molecule has 1 N–H and O–H groups in total. The first-order chi connectivity index (χ1) is 10.9. The van der Waals surface area contributed by atoms with Crippen molar-refractivity contribution in [1.82, 2.24) is 0 Å². The van der Waals surface area contributed by atoms with Crippen LogP contribution < -0.4 is 9.64 Å². The van der Waals surface area contributed by atoms with Gasteiger partial charge in [-0.15, -0.1) is 0 Å². The topological polar surface area (TPSA) is 32.7 Å². The van der Waals surface area contributed by atoms with Crippen LogP contribution >= 0.6 is 0 Å². The predicted octanol–water partition coefficient (Wildman–Crippen LogP) is 3.62. The SMILES string of the molecule is OCC1CCCCN1c1ccc(OCc2ccccc2)cc1. The van der Waals surface area contributed by atoms with Crippen molar-refractivity contribution < 1.29 is 9.84 Å². The van der Waals surface area contributed by atoms with E-state index in [9.17, 15) is 5.11 Å². The summed E-state index contributed by atoms with van der Waals surface area (Å²) >= 11 is 0. The van der Waals surface area contributed by atoms with Crippen molar-refractivity contribution in [3.63, 3.8) is 0 Å². The summed E-state index contributed by atoms with van der Waals surface area (Å²) in [5, 5.41) is 9.52. The maximum atomic E-state index is 9.52. The number of benzene rings is 2. The molecule has 0 radical (unpaired) electrons. The number of aliphatic hydroxyl groups excluding tert-OH is 1. The van der Waals surface area contributed by atoms with Crippen LogP contribution in [0.25, 0.3) is 0 Å². The molecule has 1 heterocycles. The molecule has 0 aromatic heterocycles. The number of hydrogen-bond donors (Lipinski definition) is 1. The fourth-order valence-corrected chi connectivity index (χ4v) is 3.01. The molecule has 1 unspecified atom stereocenters. The zero-order chi connectivity index (χ0) is 15.2. The fourth-order valence-electron chi connectivity index (χ4n) is 3.01. The summed E-state index contributed by atoms with van der Waals surface area (Å²) < 4.78 is 5.82. The van der Waals surface area contributed by atoms with Gasteiger partial charge in [-0.1, -0.05) is 30.3 Å². The molecule has 0 spiro atoms. The zero-order valence-corrected chi connectivity index (χ0v) is 12.8. The van der Waals surface area contributed by atoms with Crippen LogP contribution in [-0.4, -0.2) is 24.3 Å². The Hall–Kier alpha value is -2.00. The summed E-state index contributed by atoms with van der Waals surface area (Å²) in [6.07, 6.45) is 3.48. The van der Waals surface area contributed by atoms with Crippen LogP contribution in [0.4, 0.5) is 5.69 Å². The van der Waals surface area contributed by atoms with E-state index in [0.717, 1.165) is 18.7 Å². The Kier molecular flexibility index (Phi) is 4.96. The van der Waals surface area contributed by atoms with Gasteiger partial charge in [0.25, 0.3) is 0 Å². The minimum Gasteiger partial charge on any atom is -0.489 e. The Morgan fingerprint density at radius 1 is 1.00 bits per heavy atom. The number of nitrogens with zero attached hydrogens (tertiary/aromatic N) is 1. The highest BCUT2D eigenvalue weighted by Gasteiger charge is 2.21. The molecule has 1 atom stereocenters. The van der Waals surface area contributed by atoms with Crippen molar-refractivity contribution in [3.05, 3.63) is 60.2 Å². The molecular formula is C19H23NO2. The number of piperidine rings is 1. The molecule has 0 saturated carbocycles. The highest BCUT2D eigenvalue weighted by molar-refractivity contribution is 5.50. The Labute approximate surface area is 132 Å². The van der Waals surface area contributed by atoms with Gasteiger partial charge in [-0.3, -0.25) is 0 Å². The largest absolute Gasteiger partial charge is 0.489 e. The highest BCUT2D eigenvalue weighted by Crippen LogP contribution is 2.26. The van der Waals surface area contributed by atoms with Crippen molar-refractivity contribution in [1.29, 1.82) is 0 Å². The lowest BCUT2D eigenvalue weighted by Gasteiger charge is -2.36. The van der Waals surface area contributed by atoms with Gasteiger partial charge in [0.15, 0.2) is 0 Å². The number of anilines is 1. The third-order valence-electron chi connectivity index (χ3n) is 4.25. The van der Waals surface area contributed by atoms with E-state index in [2.05, 4.69) is 29.2 Å². The van der Waals surface area contributed by atoms with Crippen LogP contribution in [0.2, 0.25) is 0 Å². The minimum absolute atomic E-state index is 0.228. The molecule has 1 aliphatic rings. The van der Waals surface area contributed by atoms with Gasteiger partial charge in [0, 0.05) is 12.2 Å². The molecule has 3 nitrogen and oxygen atoms in total. The van der Waals surface area contributed by atoms with E-state index in [1.54, 1.807) is 0 Å². The number of aliphatic hydroxyl groups is 1. The summed E-state index contributed by atoms with van der Waals surface area (Å²) in [6, 6.07) is 18.6. The first-order valence-electron chi connectivity index (χ1n) is 8.01. The normalized spacial score (nSPS) is 18.2.